The molecule has 2 heterocycles. The first-order valence-corrected chi connectivity index (χ1v) is 10.7. The van der Waals surface area contributed by atoms with Gasteiger partial charge in [-0.3, -0.25) is 4.79 Å². The van der Waals surface area contributed by atoms with E-state index in [0.717, 1.165) is 50.5 Å². The number of fused-ring (bicyclic) bond motifs is 2. The van der Waals surface area contributed by atoms with Crippen molar-refractivity contribution in [1.29, 1.82) is 0 Å². The smallest absolute Gasteiger partial charge is 0.410 e. The quantitative estimate of drug-likeness (QED) is 0.567. The normalized spacial score (nSPS) is 24.5. The number of carbonyl (C=O) groups is 2. The molecule has 2 aliphatic rings. The molecule has 4 heteroatoms. The maximum Gasteiger partial charge on any atom is 0.410 e. The van der Waals surface area contributed by atoms with Gasteiger partial charge in [-0.25, -0.2) is 4.79 Å². The molecular formula is C23H33NO3. The standard InChI is InChI=1S/C23H33NO3/c1-2-3-4-8-14-22(25)19-15-20-12-9-13-21(16-19)24(20)23(26)27-17-18-10-6-5-7-11-18/h5-7,10-11,19-21H,2-4,8-9,12-17H2,1H3. The number of nitrogens with zero attached hydrogens (tertiary/aromatic N) is 1. The number of benzene rings is 1. The summed E-state index contributed by atoms with van der Waals surface area (Å²) in [5.41, 5.74) is 1.01. The van der Waals surface area contributed by atoms with Crippen LogP contribution >= 0.6 is 0 Å². The number of ether oxygens (including phenoxy) is 1. The zero-order valence-electron chi connectivity index (χ0n) is 16.6. The maximum absolute atomic E-state index is 12.7. The van der Waals surface area contributed by atoms with Crippen LogP contribution in [0.5, 0.6) is 0 Å². The minimum atomic E-state index is -0.206. The largest absolute Gasteiger partial charge is 0.445 e. The minimum absolute atomic E-state index is 0.139. The fourth-order valence-corrected chi connectivity index (χ4v) is 4.67. The Labute approximate surface area is 163 Å². The topological polar surface area (TPSA) is 46.6 Å². The first-order chi connectivity index (χ1) is 13.2. The summed E-state index contributed by atoms with van der Waals surface area (Å²) in [6.07, 6.45) is 9.87. The monoisotopic (exact) mass is 371 g/mol. The highest BCUT2D eigenvalue weighted by Gasteiger charge is 2.43. The average molecular weight is 372 g/mol. The molecule has 1 amide bonds. The number of unbranched alkanes of at least 4 members (excludes halogenated alkanes) is 3. The fourth-order valence-electron chi connectivity index (χ4n) is 4.67. The second-order valence-electron chi connectivity index (χ2n) is 8.13. The van der Waals surface area contributed by atoms with E-state index in [-0.39, 0.29) is 24.1 Å². The van der Waals surface area contributed by atoms with Crippen molar-refractivity contribution in [1.82, 2.24) is 4.90 Å². The van der Waals surface area contributed by atoms with E-state index in [4.69, 9.17) is 4.74 Å². The molecule has 2 bridgehead atoms. The van der Waals surface area contributed by atoms with E-state index in [1.54, 1.807) is 0 Å². The Morgan fingerprint density at radius 3 is 2.41 bits per heavy atom. The van der Waals surface area contributed by atoms with Crippen molar-refractivity contribution in [2.24, 2.45) is 5.92 Å². The molecule has 0 aromatic heterocycles. The molecule has 2 atom stereocenters. The van der Waals surface area contributed by atoms with Crippen LogP contribution in [0.2, 0.25) is 0 Å². The molecule has 2 saturated heterocycles. The molecular weight excluding hydrogens is 338 g/mol. The van der Waals surface area contributed by atoms with Crippen LogP contribution < -0.4 is 0 Å². The Bertz CT molecular complexity index is 601. The van der Waals surface area contributed by atoms with Gasteiger partial charge in [0.25, 0.3) is 0 Å². The van der Waals surface area contributed by atoms with Gasteiger partial charge in [0.1, 0.15) is 12.4 Å². The van der Waals surface area contributed by atoms with E-state index in [1.807, 2.05) is 35.2 Å². The summed E-state index contributed by atoms with van der Waals surface area (Å²) in [5.74, 6) is 0.556. The molecule has 0 saturated carbocycles. The van der Waals surface area contributed by atoms with Crippen molar-refractivity contribution in [3.8, 4) is 0 Å². The van der Waals surface area contributed by atoms with Crippen LogP contribution in [-0.4, -0.2) is 28.9 Å². The second kappa shape index (κ2) is 9.91. The van der Waals surface area contributed by atoms with Crippen LogP contribution in [0, 0.1) is 5.92 Å². The number of piperidine rings is 2. The van der Waals surface area contributed by atoms with Gasteiger partial charge in [0.15, 0.2) is 0 Å². The van der Waals surface area contributed by atoms with Crippen molar-refractivity contribution in [3.63, 3.8) is 0 Å². The van der Waals surface area contributed by atoms with Gasteiger partial charge >= 0.3 is 6.09 Å². The lowest BCUT2D eigenvalue weighted by atomic mass is 9.76. The van der Waals surface area contributed by atoms with Crippen molar-refractivity contribution < 1.29 is 14.3 Å². The molecule has 2 fully saturated rings. The summed E-state index contributed by atoms with van der Waals surface area (Å²) in [6, 6.07) is 10.1. The highest BCUT2D eigenvalue weighted by Crippen LogP contribution is 2.38. The van der Waals surface area contributed by atoms with Crippen molar-refractivity contribution in [2.45, 2.75) is 89.8 Å². The fraction of sp³-hybridized carbons (Fsp3) is 0.652. The summed E-state index contributed by atoms with van der Waals surface area (Å²) in [7, 11) is 0. The van der Waals surface area contributed by atoms with E-state index in [9.17, 15) is 9.59 Å². The zero-order valence-corrected chi connectivity index (χ0v) is 16.6. The lowest BCUT2D eigenvalue weighted by Gasteiger charge is -2.47. The van der Waals surface area contributed by atoms with Gasteiger partial charge in [-0.2, -0.15) is 0 Å². The zero-order chi connectivity index (χ0) is 19.1. The van der Waals surface area contributed by atoms with Gasteiger partial charge in [-0.1, -0.05) is 56.5 Å². The van der Waals surface area contributed by atoms with E-state index in [1.165, 1.54) is 12.8 Å². The van der Waals surface area contributed by atoms with Gasteiger partial charge in [0, 0.05) is 24.4 Å². The van der Waals surface area contributed by atoms with Gasteiger partial charge < -0.3 is 9.64 Å². The average Bonchev–Trinajstić information content (AvgIpc) is 2.69. The number of hydrogen-bond acceptors (Lipinski definition) is 3. The van der Waals surface area contributed by atoms with Crippen LogP contribution in [0.4, 0.5) is 4.79 Å². The molecule has 148 valence electrons. The van der Waals surface area contributed by atoms with Gasteiger partial charge in [0.05, 0.1) is 0 Å². The lowest BCUT2D eigenvalue weighted by molar-refractivity contribution is -0.126. The Morgan fingerprint density at radius 2 is 1.74 bits per heavy atom. The van der Waals surface area contributed by atoms with Crippen LogP contribution in [0.25, 0.3) is 0 Å². The number of rotatable bonds is 8. The third-order valence-corrected chi connectivity index (χ3v) is 6.12. The molecule has 1 aromatic carbocycles. The van der Waals surface area contributed by atoms with Crippen LogP contribution in [0.15, 0.2) is 30.3 Å². The molecule has 2 unspecified atom stereocenters. The number of hydrogen-bond donors (Lipinski definition) is 0. The van der Waals surface area contributed by atoms with Crippen LogP contribution in [0.1, 0.15) is 76.7 Å². The highest BCUT2D eigenvalue weighted by atomic mass is 16.6. The number of carbonyl (C=O) groups excluding carboxylic acids is 2. The SMILES string of the molecule is CCCCCCC(=O)C1CC2CCCC(C1)N2C(=O)OCc1ccccc1. The van der Waals surface area contributed by atoms with Crippen LogP contribution in [-0.2, 0) is 16.1 Å². The summed E-state index contributed by atoms with van der Waals surface area (Å²) < 4.78 is 5.59. The van der Waals surface area contributed by atoms with Crippen LogP contribution in [0.3, 0.4) is 0 Å². The third-order valence-electron chi connectivity index (χ3n) is 6.12. The Balaban J connectivity index is 1.53. The van der Waals surface area contributed by atoms with Crippen molar-refractivity contribution >= 4 is 11.9 Å². The molecule has 2 aliphatic heterocycles. The third kappa shape index (κ3) is 5.33. The second-order valence-corrected chi connectivity index (χ2v) is 8.13. The lowest BCUT2D eigenvalue weighted by Crippen LogP contribution is -2.55. The highest BCUT2D eigenvalue weighted by molar-refractivity contribution is 5.81. The molecule has 27 heavy (non-hydrogen) atoms. The van der Waals surface area contributed by atoms with Crippen molar-refractivity contribution in [3.05, 3.63) is 35.9 Å². The molecule has 4 nitrogen and oxygen atoms in total. The molecule has 1 aromatic rings. The minimum Gasteiger partial charge on any atom is -0.445 e. The first kappa shape index (κ1) is 19.9. The van der Waals surface area contributed by atoms with Gasteiger partial charge in [-0.15, -0.1) is 0 Å². The number of ketones is 1. The first-order valence-electron chi connectivity index (χ1n) is 10.7. The molecule has 0 radical (unpaired) electrons. The summed E-state index contributed by atoms with van der Waals surface area (Å²) in [5, 5.41) is 0. The molecule has 0 N–H and O–H groups in total. The van der Waals surface area contributed by atoms with Gasteiger partial charge in [0.2, 0.25) is 0 Å². The van der Waals surface area contributed by atoms with E-state index < -0.39 is 0 Å². The van der Waals surface area contributed by atoms with Gasteiger partial charge in [-0.05, 0) is 44.1 Å². The Hall–Kier alpha value is -1.84. The Kier molecular flexibility index (Phi) is 7.31. The Morgan fingerprint density at radius 1 is 1.04 bits per heavy atom. The maximum atomic E-state index is 12.7. The molecule has 0 spiro atoms. The number of Topliss-reactive ketones (excluding diaryl/α,β-unsaturated/α-hetero) is 1. The predicted molar refractivity (Wildman–Crippen MR) is 106 cm³/mol. The van der Waals surface area contributed by atoms with E-state index >= 15 is 0 Å². The number of amides is 1. The predicted octanol–water partition coefficient (Wildman–Crippen LogP) is 5.50. The molecule has 0 aliphatic carbocycles. The summed E-state index contributed by atoms with van der Waals surface area (Å²) in [4.78, 5) is 27.3. The van der Waals surface area contributed by atoms with Crippen molar-refractivity contribution in [2.75, 3.05) is 0 Å². The molecule has 3 rings (SSSR count). The summed E-state index contributed by atoms with van der Waals surface area (Å²) in [6.45, 7) is 2.50. The van der Waals surface area contributed by atoms with E-state index in [0.29, 0.717) is 18.8 Å². The summed E-state index contributed by atoms with van der Waals surface area (Å²) >= 11 is 0. The van der Waals surface area contributed by atoms with E-state index in [2.05, 4.69) is 6.92 Å².